The van der Waals surface area contributed by atoms with E-state index in [-0.39, 0.29) is 29.9 Å². The molecule has 2 amide bonds. The molecular formula is C36H37Cl2N7O2. The summed E-state index contributed by atoms with van der Waals surface area (Å²) in [6, 6.07) is 14.5. The second-order valence-electron chi connectivity index (χ2n) is 13.4. The molecule has 2 aromatic heterocycles. The molecule has 4 aromatic rings. The number of halogens is 2. The number of imidazole rings is 1. The van der Waals surface area contributed by atoms with Crippen LogP contribution in [0.5, 0.6) is 0 Å². The zero-order valence-electron chi connectivity index (χ0n) is 26.5. The summed E-state index contributed by atoms with van der Waals surface area (Å²) in [5, 5.41) is 16.2. The van der Waals surface area contributed by atoms with Crippen molar-refractivity contribution in [3.63, 3.8) is 0 Å². The molecule has 3 heterocycles. The number of rotatable bonds is 8. The number of hydrogen-bond donors (Lipinski definition) is 2. The predicted molar refractivity (Wildman–Crippen MR) is 183 cm³/mol. The highest BCUT2D eigenvalue weighted by molar-refractivity contribution is 6.36. The third kappa shape index (κ3) is 6.41. The van der Waals surface area contributed by atoms with Gasteiger partial charge in [-0.1, -0.05) is 42.3 Å². The summed E-state index contributed by atoms with van der Waals surface area (Å²) in [5.74, 6) is 2.49. The summed E-state index contributed by atoms with van der Waals surface area (Å²) in [6.45, 7) is 4.40. The van der Waals surface area contributed by atoms with Crippen LogP contribution in [0.4, 0.5) is 5.69 Å². The quantitative estimate of drug-likeness (QED) is 0.223. The molecule has 2 aliphatic carbocycles. The highest BCUT2D eigenvalue weighted by Crippen LogP contribution is 2.47. The molecule has 3 aliphatic rings. The molecule has 2 unspecified atom stereocenters. The summed E-state index contributed by atoms with van der Waals surface area (Å²) in [6.07, 6.45) is 5.96. The lowest BCUT2D eigenvalue weighted by Crippen LogP contribution is -2.38. The Hall–Kier alpha value is -4.13. The highest BCUT2D eigenvalue weighted by Gasteiger charge is 2.46. The van der Waals surface area contributed by atoms with Gasteiger partial charge in [0.05, 0.1) is 27.3 Å². The van der Waals surface area contributed by atoms with Crippen molar-refractivity contribution in [1.29, 1.82) is 5.26 Å². The maximum absolute atomic E-state index is 13.8. The van der Waals surface area contributed by atoms with Gasteiger partial charge in [-0.15, -0.1) is 0 Å². The SMILES string of the molecule is CC1CCC(NC(=O)c2cc3nc(Cc4c(Cl)ccc(CNC(=O)c5cccc(C#N)n5)c4Cl)n(C)c3cc2N2CC3CC3C2)CC1. The minimum absolute atomic E-state index is 0.0235. The van der Waals surface area contributed by atoms with E-state index in [1.165, 1.54) is 6.42 Å². The van der Waals surface area contributed by atoms with Gasteiger partial charge in [-0.2, -0.15) is 5.26 Å². The van der Waals surface area contributed by atoms with Gasteiger partial charge in [0.2, 0.25) is 0 Å². The van der Waals surface area contributed by atoms with Gasteiger partial charge in [-0.05, 0) is 91.3 Å². The number of pyridine rings is 1. The van der Waals surface area contributed by atoms with Crippen molar-refractivity contribution in [3.8, 4) is 6.07 Å². The predicted octanol–water partition coefficient (Wildman–Crippen LogP) is 6.43. The highest BCUT2D eigenvalue weighted by atomic mass is 35.5. The summed E-state index contributed by atoms with van der Waals surface area (Å²) in [5.41, 5.74) is 5.08. The van der Waals surface area contributed by atoms with Crippen LogP contribution < -0.4 is 15.5 Å². The Bertz CT molecular complexity index is 1910. The second kappa shape index (κ2) is 12.8. The third-order valence-corrected chi connectivity index (χ3v) is 11.0. The van der Waals surface area contributed by atoms with E-state index in [1.807, 2.05) is 19.2 Å². The molecule has 3 fully saturated rings. The Morgan fingerprint density at radius 2 is 1.79 bits per heavy atom. The zero-order chi connectivity index (χ0) is 32.8. The number of amides is 2. The van der Waals surface area contributed by atoms with Crippen LogP contribution in [0.1, 0.15) is 82.5 Å². The molecule has 1 saturated heterocycles. The fourth-order valence-electron chi connectivity index (χ4n) is 7.13. The van der Waals surface area contributed by atoms with Crippen LogP contribution in [0.25, 0.3) is 11.0 Å². The maximum atomic E-state index is 13.8. The van der Waals surface area contributed by atoms with Crippen molar-refractivity contribution in [2.75, 3.05) is 18.0 Å². The summed E-state index contributed by atoms with van der Waals surface area (Å²) < 4.78 is 2.05. The summed E-state index contributed by atoms with van der Waals surface area (Å²) in [4.78, 5) is 37.9. The second-order valence-corrected chi connectivity index (χ2v) is 14.2. The van der Waals surface area contributed by atoms with Crippen molar-refractivity contribution in [2.45, 2.75) is 58.0 Å². The number of fused-ring (bicyclic) bond motifs is 2. The lowest BCUT2D eigenvalue weighted by atomic mass is 9.87. The number of hydrogen-bond acceptors (Lipinski definition) is 6. The number of carbonyl (C=O) groups excluding carboxylic acids is 2. The fourth-order valence-corrected chi connectivity index (χ4v) is 7.70. The van der Waals surface area contributed by atoms with E-state index in [2.05, 4.69) is 38.1 Å². The number of aromatic nitrogens is 3. The van der Waals surface area contributed by atoms with E-state index in [1.54, 1.807) is 30.3 Å². The first-order valence-electron chi connectivity index (χ1n) is 16.3. The van der Waals surface area contributed by atoms with Gasteiger partial charge in [0.25, 0.3) is 11.8 Å². The number of nitriles is 1. The van der Waals surface area contributed by atoms with Crippen molar-refractivity contribution in [1.82, 2.24) is 25.2 Å². The number of nitrogens with one attached hydrogen (secondary N) is 2. The Labute approximate surface area is 284 Å². The molecule has 7 rings (SSSR count). The number of carbonyl (C=O) groups is 2. The normalized spacial score (nSPS) is 21.7. The average Bonchev–Trinajstić information content (AvgIpc) is 3.56. The van der Waals surface area contributed by atoms with Crippen LogP contribution in [-0.2, 0) is 20.0 Å². The average molecular weight is 671 g/mol. The summed E-state index contributed by atoms with van der Waals surface area (Å²) >= 11 is 13.6. The van der Waals surface area contributed by atoms with E-state index in [0.717, 1.165) is 73.2 Å². The minimum Gasteiger partial charge on any atom is -0.370 e. The molecule has 9 nitrogen and oxygen atoms in total. The molecule has 2 atom stereocenters. The first kappa shape index (κ1) is 31.5. The minimum atomic E-state index is -0.408. The van der Waals surface area contributed by atoms with Crippen LogP contribution in [0.2, 0.25) is 10.0 Å². The van der Waals surface area contributed by atoms with Gasteiger partial charge in [0, 0.05) is 44.2 Å². The lowest BCUT2D eigenvalue weighted by Gasteiger charge is -2.28. The molecule has 0 radical (unpaired) electrons. The number of benzene rings is 2. The van der Waals surface area contributed by atoms with Crippen molar-refractivity contribution in [2.24, 2.45) is 24.8 Å². The molecule has 47 heavy (non-hydrogen) atoms. The van der Waals surface area contributed by atoms with Gasteiger partial charge < -0.3 is 20.1 Å². The Morgan fingerprint density at radius 1 is 1.02 bits per heavy atom. The molecule has 242 valence electrons. The zero-order valence-corrected chi connectivity index (χ0v) is 28.0. The van der Waals surface area contributed by atoms with Crippen LogP contribution in [-0.4, -0.2) is 45.5 Å². The van der Waals surface area contributed by atoms with Crippen molar-refractivity contribution < 1.29 is 9.59 Å². The van der Waals surface area contributed by atoms with Crippen LogP contribution in [0.15, 0.2) is 42.5 Å². The first-order valence-corrected chi connectivity index (χ1v) is 17.1. The molecule has 0 bridgehead atoms. The van der Waals surface area contributed by atoms with E-state index < -0.39 is 5.91 Å². The Morgan fingerprint density at radius 3 is 2.53 bits per heavy atom. The van der Waals surface area contributed by atoms with Crippen molar-refractivity contribution in [3.05, 3.63) is 86.4 Å². The van der Waals surface area contributed by atoms with Gasteiger partial charge in [-0.25, -0.2) is 9.97 Å². The van der Waals surface area contributed by atoms with Gasteiger partial charge in [0.1, 0.15) is 23.3 Å². The topological polar surface area (TPSA) is 116 Å². The van der Waals surface area contributed by atoms with Crippen LogP contribution in [0, 0.1) is 29.1 Å². The van der Waals surface area contributed by atoms with Crippen LogP contribution in [0.3, 0.4) is 0 Å². The number of anilines is 1. The third-order valence-electron chi connectivity index (χ3n) is 10.1. The number of aryl methyl sites for hydroxylation is 1. The molecule has 2 aromatic carbocycles. The summed E-state index contributed by atoms with van der Waals surface area (Å²) in [7, 11) is 1.98. The Kier molecular flexibility index (Phi) is 8.58. The smallest absolute Gasteiger partial charge is 0.270 e. The maximum Gasteiger partial charge on any atom is 0.270 e. The molecule has 2 N–H and O–H groups in total. The molecule has 0 spiro atoms. The Balaban J connectivity index is 1.15. The van der Waals surface area contributed by atoms with Gasteiger partial charge >= 0.3 is 0 Å². The monoisotopic (exact) mass is 669 g/mol. The molecule has 1 aliphatic heterocycles. The van der Waals surface area contributed by atoms with E-state index in [0.29, 0.717) is 39.1 Å². The fraction of sp³-hybridized carbons (Fsp3) is 0.417. The molecule has 2 saturated carbocycles. The lowest BCUT2D eigenvalue weighted by molar-refractivity contribution is 0.0921. The largest absolute Gasteiger partial charge is 0.370 e. The van der Waals surface area contributed by atoms with Crippen molar-refractivity contribution >= 4 is 51.7 Å². The number of nitrogens with zero attached hydrogens (tertiary/aromatic N) is 5. The first-order chi connectivity index (χ1) is 22.7. The van der Waals surface area contributed by atoms with Gasteiger partial charge in [-0.3, -0.25) is 9.59 Å². The van der Waals surface area contributed by atoms with E-state index >= 15 is 0 Å². The standard InChI is InChI=1S/C36H37Cl2N7O2/c1-20-6-9-24(10-7-20)42-35(46)27-13-30-32(15-31(27)45-18-22-12-23(22)19-45)44(2)33(43-30)14-26-28(37)11-8-21(34(26)38)17-40-36(47)29-5-3-4-25(16-39)41-29/h3-5,8,11,13,15,20,22-24H,6-7,9-10,12,14,17-19H2,1-2H3,(H,40,47)(H,42,46). The number of piperidine rings is 1. The molecule has 11 heteroatoms. The van der Waals surface area contributed by atoms with E-state index in [9.17, 15) is 9.59 Å². The van der Waals surface area contributed by atoms with Gasteiger partial charge in [0.15, 0.2) is 0 Å². The van der Waals surface area contributed by atoms with E-state index in [4.69, 9.17) is 33.4 Å². The molecular weight excluding hydrogens is 633 g/mol. The van der Waals surface area contributed by atoms with Crippen LogP contribution >= 0.6 is 23.2 Å².